The van der Waals surface area contributed by atoms with E-state index < -0.39 is 18.1 Å². The molecule has 1 saturated heterocycles. The SMILES string of the molecule is O=C1OCN(C(=O)O)[C@H]1CCc1cccc(Cl)c1. The highest BCUT2D eigenvalue weighted by molar-refractivity contribution is 6.30. The van der Waals surface area contributed by atoms with Gasteiger partial charge in [0.15, 0.2) is 6.73 Å². The molecule has 1 aromatic carbocycles. The summed E-state index contributed by atoms with van der Waals surface area (Å²) in [5.41, 5.74) is 0.965. The molecule has 1 aromatic rings. The number of hydrogen-bond acceptors (Lipinski definition) is 3. The number of aryl methyl sites for hydroxylation is 1. The van der Waals surface area contributed by atoms with Crippen molar-refractivity contribution in [3.63, 3.8) is 0 Å². The van der Waals surface area contributed by atoms with Crippen LogP contribution in [-0.2, 0) is 16.0 Å². The van der Waals surface area contributed by atoms with Crippen molar-refractivity contribution in [2.24, 2.45) is 0 Å². The molecule has 1 fully saturated rings. The summed E-state index contributed by atoms with van der Waals surface area (Å²) in [4.78, 5) is 23.3. The van der Waals surface area contributed by atoms with E-state index >= 15 is 0 Å². The van der Waals surface area contributed by atoms with E-state index in [0.29, 0.717) is 17.9 Å². The topological polar surface area (TPSA) is 66.8 Å². The van der Waals surface area contributed by atoms with E-state index in [2.05, 4.69) is 0 Å². The highest BCUT2D eigenvalue weighted by atomic mass is 35.5. The summed E-state index contributed by atoms with van der Waals surface area (Å²) in [7, 11) is 0. The molecule has 2 rings (SSSR count). The molecule has 96 valence electrons. The second-order valence-corrected chi connectivity index (χ2v) is 4.47. The van der Waals surface area contributed by atoms with Gasteiger partial charge < -0.3 is 9.84 Å². The lowest BCUT2D eigenvalue weighted by molar-refractivity contribution is -0.139. The average Bonchev–Trinajstić information content (AvgIpc) is 2.68. The number of benzene rings is 1. The number of carbonyl (C=O) groups excluding carboxylic acids is 1. The minimum absolute atomic E-state index is 0.186. The fourth-order valence-electron chi connectivity index (χ4n) is 1.90. The molecule has 18 heavy (non-hydrogen) atoms. The third-order valence-corrected chi connectivity index (χ3v) is 3.07. The highest BCUT2D eigenvalue weighted by Gasteiger charge is 2.37. The molecular formula is C12H12ClNO4. The first kappa shape index (κ1) is 12.7. The van der Waals surface area contributed by atoms with E-state index in [0.717, 1.165) is 10.5 Å². The number of carbonyl (C=O) groups is 2. The van der Waals surface area contributed by atoms with Gasteiger partial charge in [0, 0.05) is 5.02 Å². The summed E-state index contributed by atoms with van der Waals surface area (Å²) < 4.78 is 4.73. The maximum absolute atomic E-state index is 11.4. The van der Waals surface area contributed by atoms with Gasteiger partial charge in [0.05, 0.1) is 0 Å². The van der Waals surface area contributed by atoms with Crippen LogP contribution in [0.5, 0.6) is 0 Å². The van der Waals surface area contributed by atoms with Crippen molar-refractivity contribution in [3.8, 4) is 0 Å². The minimum Gasteiger partial charge on any atom is -0.465 e. The van der Waals surface area contributed by atoms with E-state index in [4.69, 9.17) is 21.4 Å². The van der Waals surface area contributed by atoms with Crippen LogP contribution in [-0.4, -0.2) is 34.8 Å². The van der Waals surface area contributed by atoms with Gasteiger partial charge in [-0.1, -0.05) is 23.7 Å². The number of amides is 1. The van der Waals surface area contributed by atoms with Crippen LogP contribution < -0.4 is 0 Å². The monoisotopic (exact) mass is 269 g/mol. The molecule has 0 radical (unpaired) electrons. The summed E-state index contributed by atoms with van der Waals surface area (Å²) in [6.07, 6.45) is -0.174. The molecule has 0 aromatic heterocycles. The number of esters is 1. The molecule has 1 N–H and O–H groups in total. The van der Waals surface area contributed by atoms with Gasteiger partial charge >= 0.3 is 12.1 Å². The second-order valence-electron chi connectivity index (χ2n) is 4.03. The smallest absolute Gasteiger partial charge is 0.410 e. The van der Waals surface area contributed by atoms with Crippen molar-refractivity contribution in [2.75, 3.05) is 6.73 Å². The molecular weight excluding hydrogens is 258 g/mol. The number of hydrogen-bond donors (Lipinski definition) is 1. The van der Waals surface area contributed by atoms with Gasteiger partial charge in [0.25, 0.3) is 0 Å². The summed E-state index contributed by atoms with van der Waals surface area (Å²) in [6, 6.07) is 6.55. The van der Waals surface area contributed by atoms with Crippen LogP contribution in [0.4, 0.5) is 4.79 Å². The zero-order valence-corrected chi connectivity index (χ0v) is 10.3. The number of rotatable bonds is 3. The second kappa shape index (κ2) is 5.27. The highest BCUT2D eigenvalue weighted by Crippen LogP contribution is 2.19. The molecule has 0 spiro atoms. The Morgan fingerprint density at radius 1 is 1.56 bits per heavy atom. The fourth-order valence-corrected chi connectivity index (χ4v) is 2.12. The maximum atomic E-state index is 11.4. The van der Waals surface area contributed by atoms with Crippen LogP contribution in [0.3, 0.4) is 0 Å². The molecule has 0 aliphatic carbocycles. The van der Waals surface area contributed by atoms with E-state index in [-0.39, 0.29) is 6.73 Å². The Kier molecular flexibility index (Phi) is 3.72. The van der Waals surface area contributed by atoms with Gasteiger partial charge in [-0.3, -0.25) is 4.90 Å². The molecule has 0 bridgehead atoms. The molecule has 1 aliphatic rings. The van der Waals surface area contributed by atoms with Crippen LogP contribution in [0, 0.1) is 0 Å². The van der Waals surface area contributed by atoms with Gasteiger partial charge in [-0.2, -0.15) is 0 Å². The third-order valence-electron chi connectivity index (χ3n) is 2.84. The third kappa shape index (κ3) is 2.73. The summed E-state index contributed by atoms with van der Waals surface area (Å²) in [5.74, 6) is -0.487. The van der Waals surface area contributed by atoms with E-state index in [9.17, 15) is 9.59 Å². The molecule has 1 aliphatic heterocycles. The van der Waals surface area contributed by atoms with E-state index in [1.807, 2.05) is 12.1 Å². The Hall–Kier alpha value is -1.75. The normalized spacial score (nSPS) is 18.8. The van der Waals surface area contributed by atoms with Crippen molar-refractivity contribution in [1.82, 2.24) is 4.90 Å². The summed E-state index contributed by atoms with van der Waals surface area (Å²) in [6.45, 7) is -0.186. The van der Waals surface area contributed by atoms with Gasteiger partial charge in [-0.25, -0.2) is 9.59 Å². The van der Waals surface area contributed by atoms with Crippen molar-refractivity contribution in [2.45, 2.75) is 18.9 Å². The van der Waals surface area contributed by atoms with Crippen LogP contribution in [0.15, 0.2) is 24.3 Å². The molecule has 1 heterocycles. The molecule has 1 amide bonds. The molecule has 6 heteroatoms. The first-order chi connectivity index (χ1) is 8.58. The lowest BCUT2D eigenvalue weighted by atomic mass is 10.1. The largest absolute Gasteiger partial charge is 0.465 e. The first-order valence-corrected chi connectivity index (χ1v) is 5.86. The van der Waals surface area contributed by atoms with Crippen LogP contribution in [0.2, 0.25) is 5.02 Å². The Morgan fingerprint density at radius 2 is 2.33 bits per heavy atom. The van der Waals surface area contributed by atoms with Crippen molar-refractivity contribution in [1.29, 1.82) is 0 Å². The standard InChI is InChI=1S/C12H12ClNO4/c13-9-3-1-2-8(6-9)4-5-10-11(15)18-7-14(10)12(16)17/h1-3,6,10H,4-5,7H2,(H,16,17)/t10-/m0/s1. The Bertz CT molecular complexity index is 477. The fraction of sp³-hybridized carbons (Fsp3) is 0.333. The van der Waals surface area contributed by atoms with Crippen LogP contribution in [0.1, 0.15) is 12.0 Å². The number of cyclic esters (lactones) is 1. The van der Waals surface area contributed by atoms with Crippen LogP contribution in [0.25, 0.3) is 0 Å². The molecule has 1 atom stereocenters. The first-order valence-electron chi connectivity index (χ1n) is 5.48. The molecule has 0 saturated carbocycles. The average molecular weight is 270 g/mol. The molecule has 5 nitrogen and oxygen atoms in total. The summed E-state index contributed by atoms with van der Waals surface area (Å²) >= 11 is 5.85. The summed E-state index contributed by atoms with van der Waals surface area (Å²) in [5, 5.41) is 9.54. The van der Waals surface area contributed by atoms with Crippen molar-refractivity contribution < 1.29 is 19.4 Å². The minimum atomic E-state index is -1.14. The van der Waals surface area contributed by atoms with Crippen molar-refractivity contribution >= 4 is 23.7 Å². The lowest BCUT2D eigenvalue weighted by Gasteiger charge is -2.16. The Labute approximate surface area is 109 Å². The Morgan fingerprint density at radius 3 is 3.00 bits per heavy atom. The van der Waals surface area contributed by atoms with Gasteiger partial charge in [0.2, 0.25) is 0 Å². The predicted molar refractivity (Wildman–Crippen MR) is 64.4 cm³/mol. The Balaban J connectivity index is 2.00. The predicted octanol–water partition coefficient (Wildman–Crippen LogP) is 2.14. The quantitative estimate of drug-likeness (QED) is 0.854. The zero-order chi connectivity index (χ0) is 13.1. The van der Waals surface area contributed by atoms with E-state index in [1.165, 1.54) is 0 Å². The van der Waals surface area contributed by atoms with Crippen molar-refractivity contribution in [3.05, 3.63) is 34.9 Å². The van der Waals surface area contributed by atoms with Gasteiger partial charge in [-0.05, 0) is 30.5 Å². The van der Waals surface area contributed by atoms with Gasteiger partial charge in [-0.15, -0.1) is 0 Å². The maximum Gasteiger partial charge on any atom is 0.410 e. The number of halogens is 1. The molecule has 0 unspecified atom stereocenters. The number of ether oxygens (including phenoxy) is 1. The van der Waals surface area contributed by atoms with E-state index in [1.54, 1.807) is 12.1 Å². The lowest BCUT2D eigenvalue weighted by Crippen LogP contribution is -2.37. The number of carboxylic acid groups (broad SMARTS) is 1. The van der Waals surface area contributed by atoms with Crippen LogP contribution >= 0.6 is 11.6 Å². The zero-order valence-electron chi connectivity index (χ0n) is 9.51. The van der Waals surface area contributed by atoms with Gasteiger partial charge in [0.1, 0.15) is 6.04 Å². The number of nitrogens with zero attached hydrogens (tertiary/aromatic N) is 1.